The lowest BCUT2D eigenvalue weighted by molar-refractivity contribution is -0.149. The van der Waals surface area contributed by atoms with Crippen molar-refractivity contribution >= 4 is 17.7 Å². The quantitative estimate of drug-likeness (QED) is 0.377. The lowest BCUT2D eigenvalue weighted by atomic mass is 9.42. The van der Waals surface area contributed by atoms with Crippen LogP contribution in [0.2, 0.25) is 0 Å². The number of amides is 1. The van der Waals surface area contributed by atoms with E-state index in [1.807, 2.05) is 0 Å². The molecule has 184 valence electrons. The van der Waals surface area contributed by atoms with Crippen molar-refractivity contribution < 1.29 is 4.79 Å². The summed E-state index contributed by atoms with van der Waals surface area (Å²) in [5, 5.41) is 13.2. The number of hydrogen-bond donors (Lipinski definition) is 1. The average molecular weight is 481 g/mol. The molecule has 1 aromatic heterocycles. The molecule has 1 heterocycles. The van der Waals surface area contributed by atoms with Crippen LogP contribution < -0.4 is 5.32 Å². The highest BCUT2D eigenvalue weighted by molar-refractivity contribution is 7.98. The first-order chi connectivity index (χ1) is 16.3. The molecule has 1 aromatic carbocycles. The van der Waals surface area contributed by atoms with Crippen LogP contribution in [0.15, 0.2) is 29.4 Å². The minimum atomic E-state index is -0.168. The molecule has 0 spiro atoms. The fourth-order valence-electron chi connectivity index (χ4n) is 7.61. The first kappa shape index (κ1) is 23.9. The maximum atomic E-state index is 13.7. The van der Waals surface area contributed by atoms with Crippen molar-refractivity contribution in [3.8, 4) is 0 Å². The summed E-state index contributed by atoms with van der Waals surface area (Å²) in [5.41, 5.74) is 2.82. The average Bonchev–Trinajstić information content (AvgIpc) is 3.16. The number of benzene rings is 1. The lowest BCUT2D eigenvalue weighted by Crippen LogP contribution is -2.59. The number of carbonyl (C=O) groups is 1. The second kappa shape index (κ2) is 9.33. The van der Waals surface area contributed by atoms with Gasteiger partial charge in [0.1, 0.15) is 5.82 Å². The Kier molecular flexibility index (Phi) is 6.56. The van der Waals surface area contributed by atoms with Crippen molar-refractivity contribution in [2.24, 2.45) is 23.2 Å². The molecular formula is C28H40N4OS. The van der Waals surface area contributed by atoms with E-state index < -0.39 is 0 Å². The van der Waals surface area contributed by atoms with Gasteiger partial charge in [-0.1, -0.05) is 55.4 Å². The van der Waals surface area contributed by atoms with E-state index in [0.29, 0.717) is 23.7 Å². The third-order valence-electron chi connectivity index (χ3n) is 8.59. The Morgan fingerprint density at radius 3 is 2.50 bits per heavy atom. The van der Waals surface area contributed by atoms with Gasteiger partial charge in [-0.15, -0.1) is 10.2 Å². The zero-order chi connectivity index (χ0) is 23.9. The number of aryl methyl sites for hydroxylation is 2. The number of carbonyl (C=O) groups excluding carboxylic acids is 1. The molecule has 1 N–H and O–H groups in total. The van der Waals surface area contributed by atoms with Crippen LogP contribution in [0.3, 0.4) is 0 Å². The SMILES string of the molecule is CSc1nnc(CCCNC(=O)C23CC4CC(C2)CC(c2ccc(C)cc2)(C4)C3)n1CC(C)C. The Balaban J connectivity index is 1.23. The first-order valence-corrected chi connectivity index (χ1v) is 14.4. The summed E-state index contributed by atoms with van der Waals surface area (Å²) >= 11 is 1.65. The highest BCUT2D eigenvalue weighted by Crippen LogP contribution is 2.65. The Hall–Kier alpha value is -1.82. The van der Waals surface area contributed by atoms with Crippen LogP contribution in [0.25, 0.3) is 0 Å². The van der Waals surface area contributed by atoms with Crippen LogP contribution in [0, 0.1) is 30.1 Å². The second-order valence-electron chi connectivity index (χ2n) is 11.9. The molecule has 4 saturated carbocycles. The summed E-state index contributed by atoms with van der Waals surface area (Å²) in [6.45, 7) is 8.27. The summed E-state index contributed by atoms with van der Waals surface area (Å²) in [6.07, 6.45) is 10.9. The van der Waals surface area contributed by atoms with Crippen molar-refractivity contribution in [2.45, 2.75) is 89.3 Å². The topological polar surface area (TPSA) is 59.8 Å². The highest BCUT2D eigenvalue weighted by Gasteiger charge is 2.60. The van der Waals surface area contributed by atoms with E-state index in [-0.39, 0.29) is 10.8 Å². The van der Waals surface area contributed by atoms with Gasteiger partial charge in [0.05, 0.1) is 5.41 Å². The van der Waals surface area contributed by atoms with E-state index >= 15 is 0 Å². The molecule has 2 unspecified atom stereocenters. The van der Waals surface area contributed by atoms with Gasteiger partial charge in [0.2, 0.25) is 5.91 Å². The van der Waals surface area contributed by atoms with Crippen LogP contribution in [-0.4, -0.2) is 33.5 Å². The number of rotatable bonds is 9. The molecule has 4 fully saturated rings. The largest absolute Gasteiger partial charge is 0.356 e. The van der Waals surface area contributed by atoms with Crippen LogP contribution in [0.5, 0.6) is 0 Å². The Labute approximate surface area is 208 Å². The molecule has 0 aliphatic heterocycles. The van der Waals surface area contributed by atoms with Gasteiger partial charge < -0.3 is 9.88 Å². The molecular weight excluding hydrogens is 440 g/mol. The van der Waals surface area contributed by atoms with E-state index in [0.717, 1.165) is 56.2 Å². The molecule has 1 amide bonds. The van der Waals surface area contributed by atoms with Crippen LogP contribution in [0.1, 0.15) is 75.7 Å². The van der Waals surface area contributed by atoms with Crippen LogP contribution >= 0.6 is 11.8 Å². The zero-order valence-corrected chi connectivity index (χ0v) is 22.1. The molecule has 4 aliphatic rings. The van der Waals surface area contributed by atoms with Crippen molar-refractivity contribution in [1.29, 1.82) is 0 Å². The smallest absolute Gasteiger partial charge is 0.226 e. The number of aromatic nitrogens is 3. The molecule has 0 saturated heterocycles. The van der Waals surface area contributed by atoms with Gasteiger partial charge in [0, 0.05) is 19.5 Å². The summed E-state index contributed by atoms with van der Waals surface area (Å²) in [4.78, 5) is 13.7. The van der Waals surface area contributed by atoms with E-state index in [2.05, 4.69) is 71.4 Å². The van der Waals surface area contributed by atoms with Gasteiger partial charge in [-0.25, -0.2) is 0 Å². The molecule has 5 nitrogen and oxygen atoms in total. The second-order valence-corrected chi connectivity index (χ2v) is 12.6. The van der Waals surface area contributed by atoms with Crippen molar-refractivity contribution in [1.82, 2.24) is 20.1 Å². The zero-order valence-electron chi connectivity index (χ0n) is 21.3. The van der Waals surface area contributed by atoms with Gasteiger partial charge in [-0.2, -0.15) is 0 Å². The van der Waals surface area contributed by atoms with Gasteiger partial charge in [0.25, 0.3) is 0 Å². The molecule has 34 heavy (non-hydrogen) atoms. The molecule has 6 heteroatoms. The molecule has 2 aromatic rings. The summed E-state index contributed by atoms with van der Waals surface area (Å²) in [7, 11) is 0. The van der Waals surface area contributed by atoms with Gasteiger partial charge in [-0.3, -0.25) is 4.79 Å². The third-order valence-corrected chi connectivity index (χ3v) is 9.26. The molecule has 6 rings (SSSR count). The van der Waals surface area contributed by atoms with Crippen LogP contribution in [-0.2, 0) is 23.2 Å². The van der Waals surface area contributed by atoms with Gasteiger partial charge in [0.15, 0.2) is 5.16 Å². The number of nitrogens with one attached hydrogen (secondary N) is 1. The normalized spacial score (nSPS) is 29.7. The van der Waals surface area contributed by atoms with Gasteiger partial charge in [-0.05, 0) is 86.9 Å². The Bertz CT molecular complexity index is 1010. The Morgan fingerprint density at radius 2 is 1.85 bits per heavy atom. The predicted molar refractivity (Wildman–Crippen MR) is 138 cm³/mol. The van der Waals surface area contributed by atoms with Crippen LogP contribution in [0.4, 0.5) is 0 Å². The van der Waals surface area contributed by atoms with Crippen molar-refractivity contribution in [3.63, 3.8) is 0 Å². The van der Waals surface area contributed by atoms with Gasteiger partial charge >= 0.3 is 0 Å². The number of nitrogens with zero attached hydrogens (tertiary/aromatic N) is 3. The Morgan fingerprint density at radius 1 is 1.15 bits per heavy atom. The molecule has 4 bridgehead atoms. The van der Waals surface area contributed by atoms with E-state index in [1.165, 1.54) is 30.4 Å². The maximum absolute atomic E-state index is 13.7. The van der Waals surface area contributed by atoms with Crippen molar-refractivity contribution in [3.05, 3.63) is 41.2 Å². The molecule has 2 atom stereocenters. The minimum absolute atomic E-state index is 0.168. The van der Waals surface area contributed by atoms with Crippen molar-refractivity contribution in [2.75, 3.05) is 12.8 Å². The number of hydrogen-bond acceptors (Lipinski definition) is 4. The summed E-state index contributed by atoms with van der Waals surface area (Å²) in [6, 6.07) is 9.18. The number of thioether (sulfide) groups is 1. The fraction of sp³-hybridized carbons (Fsp3) is 0.679. The van der Waals surface area contributed by atoms with E-state index in [9.17, 15) is 4.79 Å². The fourth-order valence-corrected chi connectivity index (χ4v) is 8.14. The standard InChI is InChI=1S/C28H40N4OS/c1-19(2)17-32-24(30-31-26(32)34-4)6-5-11-29-25(33)28-15-21-12-22(16-28)14-27(13-21,18-28)23-9-7-20(3)8-10-23/h7-10,19,21-22H,5-6,11-18H2,1-4H3,(H,29,33). The third kappa shape index (κ3) is 4.43. The van der Waals surface area contributed by atoms with E-state index in [1.54, 1.807) is 11.8 Å². The minimum Gasteiger partial charge on any atom is -0.356 e. The first-order valence-electron chi connectivity index (χ1n) is 13.1. The lowest BCUT2D eigenvalue weighted by Gasteiger charge is -2.61. The maximum Gasteiger partial charge on any atom is 0.226 e. The summed E-state index contributed by atoms with van der Waals surface area (Å²) in [5.74, 6) is 3.31. The summed E-state index contributed by atoms with van der Waals surface area (Å²) < 4.78 is 2.25. The van der Waals surface area contributed by atoms with E-state index in [4.69, 9.17) is 0 Å². The monoisotopic (exact) mass is 480 g/mol. The highest BCUT2D eigenvalue weighted by atomic mass is 32.2. The molecule has 4 aliphatic carbocycles. The predicted octanol–water partition coefficient (Wildman–Crippen LogP) is 5.55. The molecule has 0 radical (unpaired) electrons.